The highest BCUT2D eigenvalue weighted by atomic mass is 16.6. The SMILES string of the molecule is Cc1cc(OB(O)O)n(C(=O)OC(C)(C)C)n1. The molecule has 0 bridgehead atoms. The van der Waals surface area contributed by atoms with Crippen molar-refractivity contribution in [1.29, 1.82) is 0 Å². The van der Waals surface area contributed by atoms with Gasteiger partial charge in [0.05, 0.1) is 5.69 Å². The van der Waals surface area contributed by atoms with Gasteiger partial charge in [0.1, 0.15) is 5.60 Å². The summed E-state index contributed by atoms with van der Waals surface area (Å²) in [6, 6.07) is 1.39. The molecule has 0 unspecified atom stereocenters. The predicted octanol–water partition coefficient (Wildman–Crippen LogP) is 0.323. The van der Waals surface area contributed by atoms with Gasteiger partial charge in [-0.2, -0.15) is 5.10 Å². The van der Waals surface area contributed by atoms with Gasteiger partial charge in [0.2, 0.25) is 5.88 Å². The van der Waals surface area contributed by atoms with Crippen molar-refractivity contribution in [3.8, 4) is 5.88 Å². The summed E-state index contributed by atoms with van der Waals surface area (Å²) < 4.78 is 10.5. The highest BCUT2D eigenvalue weighted by molar-refractivity contribution is 6.33. The van der Waals surface area contributed by atoms with Gasteiger partial charge in [0, 0.05) is 6.07 Å². The van der Waals surface area contributed by atoms with Gasteiger partial charge < -0.3 is 19.4 Å². The van der Waals surface area contributed by atoms with Gasteiger partial charge in [0.15, 0.2) is 0 Å². The Labute approximate surface area is 99.1 Å². The number of rotatable bonds is 2. The van der Waals surface area contributed by atoms with Gasteiger partial charge in [-0.3, -0.25) is 0 Å². The number of aryl methyl sites for hydroxylation is 1. The summed E-state index contributed by atoms with van der Waals surface area (Å²) in [5, 5.41) is 21.2. The minimum atomic E-state index is -2.02. The summed E-state index contributed by atoms with van der Waals surface area (Å²) in [6.45, 7) is 6.77. The van der Waals surface area contributed by atoms with Gasteiger partial charge in [-0.15, -0.1) is 4.68 Å². The van der Waals surface area contributed by atoms with Crippen molar-refractivity contribution in [3.05, 3.63) is 11.8 Å². The molecule has 0 radical (unpaired) electrons. The number of nitrogens with zero attached hydrogens (tertiary/aromatic N) is 2. The Hall–Kier alpha value is -1.54. The third kappa shape index (κ3) is 4.08. The van der Waals surface area contributed by atoms with Crippen LogP contribution >= 0.6 is 0 Å². The van der Waals surface area contributed by atoms with Crippen LogP contribution in [0.25, 0.3) is 0 Å². The summed E-state index contributed by atoms with van der Waals surface area (Å²) in [5.74, 6) is -0.0910. The molecule has 7 nitrogen and oxygen atoms in total. The van der Waals surface area contributed by atoms with Crippen LogP contribution in [0.1, 0.15) is 26.5 Å². The van der Waals surface area contributed by atoms with Crippen molar-refractivity contribution in [2.75, 3.05) is 0 Å². The van der Waals surface area contributed by atoms with Crippen molar-refractivity contribution >= 4 is 13.4 Å². The highest BCUT2D eigenvalue weighted by Crippen LogP contribution is 2.16. The lowest BCUT2D eigenvalue weighted by Crippen LogP contribution is -2.30. The fraction of sp³-hybridized carbons (Fsp3) is 0.556. The van der Waals surface area contributed by atoms with Crippen LogP contribution < -0.4 is 4.65 Å². The number of carbonyl (C=O) groups is 1. The first-order valence-corrected chi connectivity index (χ1v) is 5.02. The fourth-order valence-electron chi connectivity index (χ4n) is 1.10. The minimum absolute atomic E-state index is 0.0910. The van der Waals surface area contributed by atoms with Crippen LogP contribution in [0.15, 0.2) is 6.07 Å². The molecule has 1 aromatic rings. The first-order valence-electron chi connectivity index (χ1n) is 5.02. The zero-order valence-corrected chi connectivity index (χ0v) is 10.2. The summed E-state index contributed by atoms with van der Waals surface area (Å²) in [4.78, 5) is 11.7. The van der Waals surface area contributed by atoms with E-state index in [1.807, 2.05) is 0 Å². The zero-order valence-electron chi connectivity index (χ0n) is 10.2. The normalized spacial score (nSPS) is 11.2. The Kier molecular flexibility index (Phi) is 3.79. The third-order valence-corrected chi connectivity index (χ3v) is 1.59. The zero-order chi connectivity index (χ0) is 13.2. The Balaban J connectivity index is 2.93. The van der Waals surface area contributed by atoms with Crippen molar-refractivity contribution in [1.82, 2.24) is 9.78 Å². The van der Waals surface area contributed by atoms with E-state index in [0.717, 1.165) is 4.68 Å². The van der Waals surface area contributed by atoms with Gasteiger partial charge in [-0.1, -0.05) is 0 Å². The minimum Gasteiger partial charge on any atom is -0.497 e. The van der Waals surface area contributed by atoms with E-state index in [9.17, 15) is 4.79 Å². The van der Waals surface area contributed by atoms with Crippen LogP contribution in [0.2, 0.25) is 0 Å². The van der Waals surface area contributed by atoms with Crippen molar-refractivity contribution in [2.45, 2.75) is 33.3 Å². The van der Waals surface area contributed by atoms with Crippen LogP contribution in [-0.4, -0.2) is 38.8 Å². The summed E-state index contributed by atoms with van der Waals surface area (Å²) in [5.41, 5.74) is -0.182. The second kappa shape index (κ2) is 4.76. The molecule has 0 aliphatic rings. The number of aromatic nitrogens is 2. The smallest absolute Gasteiger partial charge is 0.497 e. The van der Waals surface area contributed by atoms with E-state index in [4.69, 9.17) is 14.8 Å². The van der Waals surface area contributed by atoms with Crippen LogP contribution in [0, 0.1) is 6.92 Å². The van der Waals surface area contributed by atoms with E-state index in [1.165, 1.54) is 6.07 Å². The molecule has 0 fully saturated rings. The molecule has 0 atom stereocenters. The van der Waals surface area contributed by atoms with Crippen molar-refractivity contribution < 1.29 is 24.2 Å². The Morgan fingerprint density at radius 1 is 1.47 bits per heavy atom. The molecular formula is C9H15BN2O5. The monoisotopic (exact) mass is 242 g/mol. The van der Waals surface area contributed by atoms with Crippen molar-refractivity contribution in [2.24, 2.45) is 0 Å². The molecule has 0 aliphatic carbocycles. The number of hydrogen-bond donors (Lipinski definition) is 2. The average molecular weight is 242 g/mol. The standard InChI is InChI=1S/C9H15BN2O5/c1-6-5-7(17-10(14)15)12(11-6)8(13)16-9(2,3)4/h5,14-15H,1-4H3. The second-order valence-electron chi connectivity index (χ2n) is 4.46. The number of ether oxygens (including phenoxy) is 1. The van der Waals surface area contributed by atoms with E-state index in [1.54, 1.807) is 27.7 Å². The van der Waals surface area contributed by atoms with E-state index in [2.05, 4.69) is 9.75 Å². The number of carbonyl (C=O) groups excluding carboxylic acids is 1. The van der Waals surface area contributed by atoms with E-state index < -0.39 is 19.0 Å². The Morgan fingerprint density at radius 3 is 2.53 bits per heavy atom. The van der Waals surface area contributed by atoms with Crippen LogP contribution in [0.5, 0.6) is 5.88 Å². The summed E-state index contributed by atoms with van der Waals surface area (Å²) >= 11 is 0. The van der Waals surface area contributed by atoms with Gasteiger partial charge in [-0.05, 0) is 27.7 Å². The molecule has 0 spiro atoms. The lowest BCUT2D eigenvalue weighted by Gasteiger charge is -2.19. The molecule has 0 aromatic carbocycles. The first kappa shape index (κ1) is 13.5. The van der Waals surface area contributed by atoms with E-state index in [0.29, 0.717) is 5.69 Å². The maximum absolute atomic E-state index is 11.7. The van der Waals surface area contributed by atoms with Crippen LogP contribution in [0.4, 0.5) is 4.79 Å². The lowest BCUT2D eigenvalue weighted by molar-refractivity contribution is 0.0503. The lowest BCUT2D eigenvalue weighted by atomic mass is 10.2. The topological polar surface area (TPSA) is 93.8 Å². The molecule has 0 saturated heterocycles. The highest BCUT2D eigenvalue weighted by Gasteiger charge is 2.24. The van der Waals surface area contributed by atoms with Crippen molar-refractivity contribution in [3.63, 3.8) is 0 Å². The maximum atomic E-state index is 11.7. The molecule has 0 saturated carbocycles. The predicted molar refractivity (Wildman–Crippen MR) is 59.4 cm³/mol. The molecule has 1 aromatic heterocycles. The van der Waals surface area contributed by atoms with Gasteiger partial charge >= 0.3 is 13.4 Å². The molecule has 8 heteroatoms. The first-order chi connectivity index (χ1) is 7.69. The summed E-state index contributed by atoms with van der Waals surface area (Å²) in [6.07, 6.45) is -0.749. The molecule has 1 rings (SSSR count). The Morgan fingerprint density at radius 2 is 2.06 bits per heavy atom. The second-order valence-corrected chi connectivity index (χ2v) is 4.46. The quantitative estimate of drug-likeness (QED) is 0.725. The third-order valence-electron chi connectivity index (χ3n) is 1.59. The van der Waals surface area contributed by atoms with Gasteiger partial charge in [-0.25, -0.2) is 4.79 Å². The van der Waals surface area contributed by atoms with Gasteiger partial charge in [0.25, 0.3) is 0 Å². The fourth-order valence-corrected chi connectivity index (χ4v) is 1.10. The summed E-state index contributed by atoms with van der Waals surface area (Å²) in [7, 11) is -2.02. The molecule has 0 aliphatic heterocycles. The molecule has 17 heavy (non-hydrogen) atoms. The maximum Gasteiger partial charge on any atom is 0.708 e. The van der Waals surface area contributed by atoms with Crippen LogP contribution in [-0.2, 0) is 4.74 Å². The largest absolute Gasteiger partial charge is 0.708 e. The van der Waals surface area contributed by atoms with E-state index >= 15 is 0 Å². The molecule has 94 valence electrons. The average Bonchev–Trinajstić information content (AvgIpc) is 2.42. The molecule has 1 heterocycles. The van der Waals surface area contributed by atoms with E-state index in [-0.39, 0.29) is 5.88 Å². The molecule has 2 N–H and O–H groups in total. The molecule has 0 amide bonds. The number of hydrogen-bond acceptors (Lipinski definition) is 6. The van der Waals surface area contributed by atoms with Crippen LogP contribution in [0.3, 0.4) is 0 Å². The Bertz CT molecular complexity index is 410. The molecular weight excluding hydrogens is 227 g/mol.